The van der Waals surface area contributed by atoms with Crippen molar-refractivity contribution in [2.45, 2.75) is 27.3 Å². The van der Waals surface area contributed by atoms with Gasteiger partial charge in [-0.15, -0.1) is 11.3 Å². The number of hydrogen-bond acceptors (Lipinski definition) is 5. The number of nitrogens with zero attached hydrogens (tertiary/aromatic N) is 3. The Balaban J connectivity index is 2.50. The molecule has 0 bridgehead atoms. The molecule has 114 valence electrons. The number of halogens is 1. The number of thiazole rings is 1. The Morgan fingerprint density at radius 3 is 2.82 bits per heavy atom. The van der Waals surface area contributed by atoms with Crippen molar-refractivity contribution in [2.75, 3.05) is 4.90 Å². The fourth-order valence-corrected chi connectivity index (χ4v) is 3.50. The maximum atomic E-state index is 12.1. The number of amides is 1. The van der Waals surface area contributed by atoms with E-state index < -0.39 is 0 Å². The van der Waals surface area contributed by atoms with Crippen LogP contribution < -0.4 is 4.90 Å². The summed E-state index contributed by atoms with van der Waals surface area (Å²) in [6, 6.07) is 3.83. The minimum atomic E-state index is -0.145. The molecule has 2 aromatic rings. The Morgan fingerprint density at radius 2 is 2.23 bits per heavy atom. The Kier molecular flexibility index (Phi) is 5.42. The second-order valence-corrected chi connectivity index (χ2v) is 6.22. The lowest BCUT2D eigenvalue weighted by Gasteiger charge is -2.22. The van der Waals surface area contributed by atoms with Crippen LogP contribution in [-0.2, 0) is 11.3 Å². The zero-order valence-corrected chi connectivity index (χ0v) is 14.8. The number of rotatable bonds is 4. The number of aryl methyl sites for hydroxylation is 2. The molecule has 1 aromatic heterocycles. The first-order chi connectivity index (χ1) is 10.4. The van der Waals surface area contributed by atoms with Crippen LogP contribution in [0.3, 0.4) is 0 Å². The standard InChI is InChI=1S/C15H14ClN3OS2/c1-9-4-10(2)14(13(16)5-9)19(11(3)20)15-18-12(7-22-15)6-17-8-21/h4-5,7H,6H2,1-3H3. The van der Waals surface area contributed by atoms with E-state index >= 15 is 0 Å². The summed E-state index contributed by atoms with van der Waals surface area (Å²) in [4.78, 5) is 22.0. The third kappa shape index (κ3) is 3.59. The Labute approximate surface area is 143 Å². The van der Waals surface area contributed by atoms with Gasteiger partial charge in [0.15, 0.2) is 5.13 Å². The molecule has 0 radical (unpaired) electrons. The summed E-state index contributed by atoms with van der Waals surface area (Å²) in [7, 11) is 0. The Hall–Kier alpha value is -1.59. The largest absolute Gasteiger partial charge is 0.274 e. The molecule has 0 fully saturated rings. The van der Waals surface area contributed by atoms with Crippen molar-refractivity contribution in [2.24, 2.45) is 4.99 Å². The van der Waals surface area contributed by atoms with Crippen LogP contribution >= 0.6 is 35.2 Å². The fraction of sp³-hybridized carbons (Fsp3) is 0.267. The van der Waals surface area contributed by atoms with E-state index in [1.54, 1.807) is 0 Å². The van der Waals surface area contributed by atoms with Gasteiger partial charge in [0.1, 0.15) is 0 Å². The highest BCUT2D eigenvalue weighted by molar-refractivity contribution is 7.78. The van der Waals surface area contributed by atoms with Crippen LogP contribution in [0.4, 0.5) is 10.8 Å². The molecule has 7 heteroatoms. The van der Waals surface area contributed by atoms with Crippen molar-refractivity contribution in [1.29, 1.82) is 0 Å². The van der Waals surface area contributed by atoms with Crippen molar-refractivity contribution in [3.05, 3.63) is 39.4 Å². The SMILES string of the molecule is CC(=O)N(c1nc(CN=C=S)cs1)c1c(C)cc(C)cc1Cl. The highest BCUT2D eigenvalue weighted by Crippen LogP contribution is 2.37. The van der Waals surface area contributed by atoms with Crippen LogP contribution in [0.2, 0.25) is 5.02 Å². The van der Waals surface area contributed by atoms with Crippen LogP contribution in [-0.4, -0.2) is 16.1 Å². The van der Waals surface area contributed by atoms with Gasteiger partial charge in [0.25, 0.3) is 0 Å². The maximum absolute atomic E-state index is 12.1. The zero-order valence-electron chi connectivity index (χ0n) is 12.4. The topological polar surface area (TPSA) is 45.6 Å². The van der Waals surface area contributed by atoms with Crippen molar-refractivity contribution in [3.8, 4) is 0 Å². The number of isothiocyanates is 1. The molecule has 0 atom stereocenters. The summed E-state index contributed by atoms with van der Waals surface area (Å²) in [5.41, 5.74) is 3.38. The molecule has 0 saturated heterocycles. The Morgan fingerprint density at radius 1 is 1.50 bits per heavy atom. The number of carbonyl (C=O) groups excluding carboxylic acids is 1. The summed E-state index contributed by atoms with van der Waals surface area (Å²) in [5.74, 6) is -0.145. The average Bonchev–Trinajstić information content (AvgIpc) is 2.88. The minimum absolute atomic E-state index is 0.145. The molecule has 1 amide bonds. The van der Waals surface area contributed by atoms with Gasteiger partial charge < -0.3 is 0 Å². The quantitative estimate of drug-likeness (QED) is 0.592. The maximum Gasteiger partial charge on any atom is 0.230 e. The number of hydrogen-bond donors (Lipinski definition) is 0. The van der Waals surface area contributed by atoms with Gasteiger partial charge in [-0.3, -0.25) is 9.69 Å². The molecule has 1 aromatic carbocycles. The van der Waals surface area contributed by atoms with Crippen molar-refractivity contribution in [3.63, 3.8) is 0 Å². The number of aliphatic imine (C=N–C) groups is 1. The molecule has 0 aliphatic carbocycles. The minimum Gasteiger partial charge on any atom is -0.274 e. The van der Waals surface area contributed by atoms with E-state index in [4.69, 9.17) is 11.6 Å². The molecule has 0 aliphatic rings. The van der Waals surface area contributed by atoms with Gasteiger partial charge in [-0.05, 0) is 43.3 Å². The third-order valence-electron chi connectivity index (χ3n) is 2.97. The molecule has 4 nitrogen and oxygen atoms in total. The molecule has 0 saturated carbocycles. The van der Waals surface area contributed by atoms with E-state index in [2.05, 4.69) is 27.4 Å². The highest BCUT2D eigenvalue weighted by Gasteiger charge is 2.22. The van der Waals surface area contributed by atoms with E-state index in [-0.39, 0.29) is 5.91 Å². The van der Waals surface area contributed by atoms with Crippen LogP contribution in [0.15, 0.2) is 22.5 Å². The summed E-state index contributed by atoms with van der Waals surface area (Å²) >= 11 is 12.3. The number of benzene rings is 1. The second-order valence-electron chi connectivity index (χ2n) is 4.80. The van der Waals surface area contributed by atoms with E-state index in [1.807, 2.05) is 31.4 Å². The fourth-order valence-electron chi connectivity index (χ4n) is 2.16. The number of thiocarbonyl (C=S) groups is 1. The van der Waals surface area contributed by atoms with Crippen LogP contribution in [0.1, 0.15) is 23.7 Å². The first-order valence-corrected chi connectivity index (χ1v) is 8.16. The second kappa shape index (κ2) is 7.11. The predicted octanol–water partition coefficient (Wildman–Crippen LogP) is 4.70. The molecular weight excluding hydrogens is 338 g/mol. The number of carbonyl (C=O) groups is 1. The Bertz CT molecular complexity index is 743. The van der Waals surface area contributed by atoms with Gasteiger partial charge in [-0.2, -0.15) is 0 Å². The first-order valence-electron chi connectivity index (χ1n) is 6.49. The summed E-state index contributed by atoms with van der Waals surface area (Å²) in [5, 5.41) is 5.25. The molecule has 2 rings (SSSR count). The molecule has 0 unspecified atom stereocenters. The van der Waals surface area contributed by atoms with Gasteiger partial charge in [0, 0.05) is 12.3 Å². The smallest absolute Gasteiger partial charge is 0.230 e. The summed E-state index contributed by atoms with van der Waals surface area (Å²) < 4.78 is 0. The van der Waals surface area contributed by atoms with Gasteiger partial charge >= 0.3 is 0 Å². The normalized spacial score (nSPS) is 10.2. The summed E-state index contributed by atoms with van der Waals surface area (Å²) in [6.07, 6.45) is 0. The van der Waals surface area contributed by atoms with E-state index in [0.29, 0.717) is 22.4 Å². The van der Waals surface area contributed by atoms with Crippen molar-refractivity contribution >= 4 is 57.0 Å². The average molecular weight is 352 g/mol. The molecule has 1 heterocycles. The number of aromatic nitrogens is 1. The molecular formula is C15H14ClN3OS2. The van der Waals surface area contributed by atoms with Gasteiger partial charge in [-0.1, -0.05) is 17.7 Å². The van der Waals surface area contributed by atoms with Crippen molar-refractivity contribution in [1.82, 2.24) is 4.98 Å². The van der Waals surface area contributed by atoms with Gasteiger partial charge in [0.2, 0.25) is 5.91 Å². The van der Waals surface area contributed by atoms with Crippen molar-refractivity contribution < 1.29 is 4.79 Å². The first kappa shape index (κ1) is 16.8. The lowest BCUT2D eigenvalue weighted by atomic mass is 10.1. The van der Waals surface area contributed by atoms with Crippen LogP contribution in [0.5, 0.6) is 0 Å². The number of anilines is 2. The molecule has 0 aliphatic heterocycles. The third-order valence-corrected chi connectivity index (χ3v) is 4.27. The van der Waals surface area contributed by atoms with E-state index in [1.165, 1.54) is 23.2 Å². The van der Waals surface area contributed by atoms with Gasteiger partial charge in [0.05, 0.1) is 28.1 Å². The zero-order chi connectivity index (χ0) is 16.3. The monoisotopic (exact) mass is 351 g/mol. The van der Waals surface area contributed by atoms with Crippen LogP contribution in [0.25, 0.3) is 0 Å². The van der Waals surface area contributed by atoms with E-state index in [0.717, 1.165) is 16.8 Å². The van der Waals surface area contributed by atoms with E-state index in [9.17, 15) is 4.79 Å². The predicted molar refractivity (Wildman–Crippen MR) is 94.6 cm³/mol. The summed E-state index contributed by atoms with van der Waals surface area (Å²) in [6.45, 7) is 5.74. The van der Waals surface area contributed by atoms with Gasteiger partial charge in [-0.25, -0.2) is 9.98 Å². The molecule has 0 N–H and O–H groups in total. The van der Waals surface area contributed by atoms with Crippen LogP contribution in [0, 0.1) is 13.8 Å². The molecule has 22 heavy (non-hydrogen) atoms. The lowest BCUT2D eigenvalue weighted by Crippen LogP contribution is -2.24. The lowest BCUT2D eigenvalue weighted by molar-refractivity contribution is -0.115. The molecule has 0 spiro atoms. The highest BCUT2D eigenvalue weighted by atomic mass is 35.5.